The SMILES string of the molecule is N#CC1(NC(=O)[CH]Cc2ccc(I)cc2C(N)=O)CCN(C2CCCCC2)C1. The van der Waals surface area contributed by atoms with E-state index in [2.05, 4.69) is 38.9 Å². The van der Waals surface area contributed by atoms with Crippen LogP contribution in [0.2, 0.25) is 0 Å². The summed E-state index contributed by atoms with van der Waals surface area (Å²) in [6.07, 6.45) is 8.61. The predicted octanol–water partition coefficient (Wildman–Crippen LogP) is 2.55. The molecule has 0 bridgehead atoms. The predicted molar refractivity (Wildman–Crippen MR) is 115 cm³/mol. The minimum Gasteiger partial charge on any atom is -0.366 e. The van der Waals surface area contributed by atoms with E-state index in [-0.39, 0.29) is 5.91 Å². The van der Waals surface area contributed by atoms with E-state index < -0.39 is 11.4 Å². The lowest BCUT2D eigenvalue weighted by Crippen LogP contribution is -2.50. The summed E-state index contributed by atoms with van der Waals surface area (Å²) in [5.74, 6) is -0.782. The number of nitrogens with zero attached hydrogens (tertiary/aromatic N) is 2. The van der Waals surface area contributed by atoms with Crippen LogP contribution in [0.1, 0.15) is 54.4 Å². The molecule has 1 radical (unpaired) electrons. The van der Waals surface area contributed by atoms with E-state index in [1.807, 2.05) is 12.1 Å². The highest BCUT2D eigenvalue weighted by atomic mass is 127. The van der Waals surface area contributed by atoms with Gasteiger partial charge in [0.05, 0.1) is 12.5 Å². The van der Waals surface area contributed by atoms with Crippen molar-refractivity contribution in [1.29, 1.82) is 5.26 Å². The number of rotatable bonds is 6. The summed E-state index contributed by atoms with van der Waals surface area (Å²) in [6, 6.07) is 8.29. The molecule has 28 heavy (non-hydrogen) atoms. The number of carbonyl (C=O) groups is 2. The molecule has 1 heterocycles. The summed E-state index contributed by atoms with van der Waals surface area (Å²) in [7, 11) is 0. The van der Waals surface area contributed by atoms with Gasteiger partial charge in [-0.25, -0.2) is 0 Å². The summed E-state index contributed by atoms with van der Waals surface area (Å²) in [5.41, 5.74) is 5.75. The minimum atomic E-state index is -0.830. The van der Waals surface area contributed by atoms with Gasteiger partial charge >= 0.3 is 0 Å². The van der Waals surface area contributed by atoms with Gasteiger partial charge in [-0.2, -0.15) is 5.26 Å². The van der Waals surface area contributed by atoms with Crippen molar-refractivity contribution in [3.8, 4) is 6.07 Å². The Balaban J connectivity index is 1.58. The van der Waals surface area contributed by atoms with Gasteiger partial charge in [-0.3, -0.25) is 14.5 Å². The monoisotopic (exact) mass is 493 g/mol. The zero-order valence-corrected chi connectivity index (χ0v) is 18.1. The van der Waals surface area contributed by atoms with E-state index in [1.165, 1.54) is 38.5 Å². The largest absolute Gasteiger partial charge is 0.366 e. The Morgan fingerprint density at radius 2 is 2.11 bits per heavy atom. The molecule has 149 valence electrons. The second kappa shape index (κ2) is 9.23. The van der Waals surface area contributed by atoms with Gasteiger partial charge in [-0.05, 0) is 66.0 Å². The van der Waals surface area contributed by atoms with Crippen molar-refractivity contribution in [3.63, 3.8) is 0 Å². The van der Waals surface area contributed by atoms with Crippen molar-refractivity contribution in [3.05, 3.63) is 39.3 Å². The number of hydrogen-bond acceptors (Lipinski definition) is 4. The number of nitriles is 1. The van der Waals surface area contributed by atoms with Crippen LogP contribution in [0.4, 0.5) is 0 Å². The number of benzene rings is 1. The molecule has 1 aliphatic heterocycles. The number of amides is 2. The third kappa shape index (κ3) is 5.03. The highest BCUT2D eigenvalue weighted by molar-refractivity contribution is 14.1. The van der Waals surface area contributed by atoms with Gasteiger partial charge in [-0.1, -0.05) is 25.3 Å². The Morgan fingerprint density at radius 3 is 2.79 bits per heavy atom. The molecule has 6 nitrogen and oxygen atoms in total. The molecule has 0 aromatic heterocycles. The molecule has 3 rings (SSSR count). The molecule has 1 atom stereocenters. The molecule has 2 fully saturated rings. The Morgan fingerprint density at radius 1 is 1.36 bits per heavy atom. The Bertz CT molecular complexity index is 785. The Labute approximate surface area is 180 Å². The van der Waals surface area contributed by atoms with Crippen molar-refractivity contribution in [2.75, 3.05) is 13.1 Å². The fraction of sp³-hybridized carbons (Fsp3) is 0.524. The molecule has 1 aliphatic carbocycles. The van der Waals surface area contributed by atoms with Crippen LogP contribution in [0.15, 0.2) is 18.2 Å². The van der Waals surface area contributed by atoms with Crippen LogP contribution in [0.3, 0.4) is 0 Å². The van der Waals surface area contributed by atoms with Crippen LogP contribution in [-0.4, -0.2) is 41.4 Å². The first-order valence-electron chi connectivity index (χ1n) is 9.81. The molecule has 0 spiro atoms. The maximum atomic E-state index is 12.5. The average Bonchev–Trinajstić information content (AvgIpc) is 3.12. The van der Waals surface area contributed by atoms with Crippen LogP contribution in [0.25, 0.3) is 0 Å². The lowest BCUT2D eigenvalue weighted by molar-refractivity contribution is -0.119. The lowest BCUT2D eigenvalue weighted by Gasteiger charge is -2.32. The fourth-order valence-electron chi connectivity index (χ4n) is 4.26. The quantitative estimate of drug-likeness (QED) is 0.596. The van der Waals surface area contributed by atoms with Crippen LogP contribution in [0.5, 0.6) is 0 Å². The van der Waals surface area contributed by atoms with E-state index in [9.17, 15) is 14.9 Å². The third-order valence-electron chi connectivity index (χ3n) is 5.81. The van der Waals surface area contributed by atoms with Crippen LogP contribution >= 0.6 is 22.6 Å². The first kappa shape index (κ1) is 21.1. The van der Waals surface area contributed by atoms with E-state index in [0.29, 0.717) is 36.6 Å². The number of nitrogens with two attached hydrogens (primary N) is 1. The van der Waals surface area contributed by atoms with Gasteiger partial charge in [-0.15, -0.1) is 0 Å². The van der Waals surface area contributed by atoms with Crippen molar-refractivity contribution in [2.24, 2.45) is 5.73 Å². The van der Waals surface area contributed by atoms with Crippen molar-refractivity contribution in [1.82, 2.24) is 10.2 Å². The average molecular weight is 493 g/mol. The zero-order valence-electron chi connectivity index (χ0n) is 15.9. The second-order valence-electron chi connectivity index (χ2n) is 7.77. The maximum Gasteiger partial charge on any atom is 0.249 e. The Kier molecular flexibility index (Phi) is 6.94. The summed E-state index contributed by atoms with van der Waals surface area (Å²) < 4.78 is 0.914. The molecule has 1 saturated heterocycles. The topological polar surface area (TPSA) is 99.2 Å². The minimum absolute atomic E-state index is 0.277. The van der Waals surface area contributed by atoms with Gasteiger partial charge < -0.3 is 11.1 Å². The molecule has 1 unspecified atom stereocenters. The van der Waals surface area contributed by atoms with Gasteiger partial charge in [0.15, 0.2) is 0 Å². The summed E-state index contributed by atoms with van der Waals surface area (Å²) in [4.78, 5) is 26.5. The van der Waals surface area contributed by atoms with Gasteiger partial charge in [0.25, 0.3) is 0 Å². The van der Waals surface area contributed by atoms with Crippen LogP contribution in [0, 0.1) is 21.3 Å². The standard InChI is InChI=1S/C21H26IN4O2/c22-16-8-6-15(18(12-16)20(24)28)7-9-19(27)25-21(13-23)10-11-26(14-21)17-4-2-1-3-5-17/h6,8-9,12,17H,1-5,7,10-11,14H2,(H2,24,28)(H,25,27). The zero-order chi connectivity index (χ0) is 20.1. The molecule has 2 amide bonds. The molecule has 1 aromatic carbocycles. The lowest BCUT2D eigenvalue weighted by atomic mass is 9.94. The molecule has 7 heteroatoms. The smallest absolute Gasteiger partial charge is 0.249 e. The molecular formula is C21H26IN4O2. The first-order chi connectivity index (χ1) is 13.4. The van der Waals surface area contributed by atoms with Gasteiger partial charge in [0.1, 0.15) is 5.54 Å². The second-order valence-corrected chi connectivity index (χ2v) is 9.02. The van der Waals surface area contributed by atoms with Gasteiger partial charge in [0, 0.05) is 28.3 Å². The Hall–Kier alpha value is -1.66. The summed E-state index contributed by atoms with van der Waals surface area (Å²) in [6.45, 7) is 1.44. The molecule has 3 N–H and O–H groups in total. The van der Waals surface area contributed by atoms with E-state index in [0.717, 1.165) is 10.1 Å². The van der Waals surface area contributed by atoms with E-state index in [4.69, 9.17) is 5.73 Å². The third-order valence-corrected chi connectivity index (χ3v) is 6.48. The van der Waals surface area contributed by atoms with E-state index >= 15 is 0 Å². The number of likely N-dealkylation sites (tertiary alicyclic amines) is 1. The van der Waals surface area contributed by atoms with Crippen LogP contribution in [-0.2, 0) is 11.2 Å². The van der Waals surface area contributed by atoms with E-state index in [1.54, 1.807) is 6.07 Å². The number of halogens is 1. The molecule has 1 saturated carbocycles. The highest BCUT2D eigenvalue weighted by Gasteiger charge is 2.42. The number of hydrogen-bond donors (Lipinski definition) is 2. The van der Waals surface area contributed by atoms with Crippen molar-refractivity contribution >= 4 is 34.4 Å². The van der Waals surface area contributed by atoms with Gasteiger partial charge in [0.2, 0.25) is 11.8 Å². The highest BCUT2D eigenvalue weighted by Crippen LogP contribution is 2.29. The fourth-order valence-corrected chi connectivity index (χ4v) is 4.76. The normalized spacial score (nSPS) is 23.3. The summed E-state index contributed by atoms with van der Waals surface area (Å²) in [5, 5.41) is 12.7. The molecule has 1 aromatic rings. The van der Waals surface area contributed by atoms with Crippen molar-refractivity contribution in [2.45, 2.75) is 56.5 Å². The molecule has 2 aliphatic rings. The van der Waals surface area contributed by atoms with Crippen LogP contribution < -0.4 is 11.1 Å². The van der Waals surface area contributed by atoms with Crippen molar-refractivity contribution < 1.29 is 9.59 Å². The number of carbonyl (C=O) groups excluding carboxylic acids is 2. The maximum absolute atomic E-state index is 12.5. The number of nitrogens with one attached hydrogen (secondary N) is 1. The molecular weight excluding hydrogens is 467 g/mol. The summed E-state index contributed by atoms with van der Waals surface area (Å²) >= 11 is 2.12. The number of primary amides is 1. The first-order valence-corrected chi connectivity index (χ1v) is 10.9.